The van der Waals surface area contributed by atoms with Gasteiger partial charge in [0.1, 0.15) is 11.6 Å². The van der Waals surface area contributed by atoms with Crippen molar-refractivity contribution >= 4 is 28.5 Å². The van der Waals surface area contributed by atoms with Gasteiger partial charge in [-0.15, -0.1) is 0 Å². The Morgan fingerprint density at radius 2 is 1.94 bits per heavy atom. The lowest BCUT2D eigenvalue weighted by atomic mass is 9.97. The molecule has 32 heavy (non-hydrogen) atoms. The Labute approximate surface area is 191 Å². The minimum atomic E-state index is -0.425. The molecule has 1 fully saturated rings. The molecule has 4 nitrogen and oxygen atoms in total. The standard InChI is InChI=1S/C26H23ClFN3O/c1-15-12-13-31(24(15)25-29-22-11-10-21(27)16(2)23(22)30-25)26(32)20-14-18(28)8-9-19(20)17-6-4-3-5-7-17/h3-11,14-15,24H,12-13H2,1-2H3,(H,29,30)/t15-,24-/m0/s1. The van der Waals surface area contributed by atoms with Crippen LogP contribution in [-0.2, 0) is 0 Å². The van der Waals surface area contributed by atoms with E-state index in [-0.39, 0.29) is 17.9 Å². The maximum absolute atomic E-state index is 14.2. The fraction of sp³-hybridized carbons (Fsp3) is 0.231. The Bertz CT molecular complexity index is 1320. The molecule has 1 aromatic heterocycles. The lowest BCUT2D eigenvalue weighted by Crippen LogP contribution is -2.33. The number of aryl methyl sites for hydroxylation is 1. The average Bonchev–Trinajstić information content (AvgIpc) is 3.40. The Morgan fingerprint density at radius 1 is 1.16 bits per heavy atom. The van der Waals surface area contributed by atoms with Crippen molar-refractivity contribution in [1.82, 2.24) is 14.9 Å². The second-order valence-electron chi connectivity index (χ2n) is 8.46. The van der Waals surface area contributed by atoms with Crippen molar-refractivity contribution in [2.24, 2.45) is 5.92 Å². The number of imidazole rings is 1. The average molecular weight is 448 g/mol. The van der Waals surface area contributed by atoms with Crippen LogP contribution in [0, 0.1) is 18.7 Å². The topological polar surface area (TPSA) is 49.0 Å². The Kier molecular flexibility index (Phi) is 5.22. The van der Waals surface area contributed by atoms with Gasteiger partial charge in [0, 0.05) is 11.6 Å². The molecule has 0 saturated carbocycles. The fourth-order valence-electron chi connectivity index (χ4n) is 4.66. The summed E-state index contributed by atoms with van der Waals surface area (Å²) >= 11 is 6.28. The largest absolute Gasteiger partial charge is 0.340 e. The third kappa shape index (κ3) is 3.47. The lowest BCUT2D eigenvalue weighted by Gasteiger charge is -2.26. The van der Waals surface area contributed by atoms with Crippen molar-refractivity contribution in [1.29, 1.82) is 0 Å². The summed E-state index contributed by atoms with van der Waals surface area (Å²) in [5.74, 6) is 0.337. The highest BCUT2D eigenvalue weighted by Gasteiger charge is 2.38. The molecule has 4 aromatic rings. The summed E-state index contributed by atoms with van der Waals surface area (Å²) in [7, 11) is 0. The predicted molar refractivity (Wildman–Crippen MR) is 125 cm³/mol. The van der Waals surface area contributed by atoms with Crippen molar-refractivity contribution in [3.8, 4) is 11.1 Å². The second-order valence-corrected chi connectivity index (χ2v) is 8.86. The molecule has 0 radical (unpaired) electrons. The smallest absolute Gasteiger partial charge is 0.255 e. The van der Waals surface area contributed by atoms with Crippen LogP contribution < -0.4 is 0 Å². The molecule has 0 bridgehead atoms. The van der Waals surface area contributed by atoms with Gasteiger partial charge in [0.15, 0.2) is 0 Å². The van der Waals surface area contributed by atoms with E-state index < -0.39 is 5.82 Å². The number of hydrogen-bond donors (Lipinski definition) is 1. The Hall–Kier alpha value is -3.18. The fourth-order valence-corrected chi connectivity index (χ4v) is 4.81. The molecule has 0 aliphatic carbocycles. The van der Waals surface area contributed by atoms with Gasteiger partial charge in [-0.2, -0.15) is 0 Å². The molecule has 1 aliphatic heterocycles. The highest BCUT2D eigenvalue weighted by Crippen LogP contribution is 2.39. The molecule has 3 aromatic carbocycles. The summed E-state index contributed by atoms with van der Waals surface area (Å²) in [6.07, 6.45) is 0.850. The Morgan fingerprint density at radius 3 is 2.72 bits per heavy atom. The number of benzene rings is 3. The number of likely N-dealkylation sites (tertiary alicyclic amines) is 1. The number of fused-ring (bicyclic) bond motifs is 1. The third-order valence-corrected chi connectivity index (χ3v) is 6.81. The van der Waals surface area contributed by atoms with Gasteiger partial charge in [0.25, 0.3) is 5.91 Å². The highest BCUT2D eigenvalue weighted by atomic mass is 35.5. The zero-order valence-corrected chi connectivity index (χ0v) is 18.7. The zero-order chi connectivity index (χ0) is 22.4. The second kappa shape index (κ2) is 8.06. The van der Waals surface area contributed by atoms with Crippen LogP contribution in [0.5, 0.6) is 0 Å². The van der Waals surface area contributed by atoms with Gasteiger partial charge in [-0.05, 0) is 60.2 Å². The first-order valence-corrected chi connectivity index (χ1v) is 11.1. The SMILES string of the molecule is Cc1c(Cl)ccc2[nH]c([C@@H]3[C@@H](C)CCN3C(=O)c3cc(F)ccc3-c3ccccc3)nc12. The van der Waals surface area contributed by atoms with E-state index in [1.54, 1.807) is 6.07 Å². The van der Waals surface area contributed by atoms with E-state index in [9.17, 15) is 9.18 Å². The third-order valence-electron chi connectivity index (χ3n) is 6.40. The summed E-state index contributed by atoms with van der Waals surface area (Å²) in [6, 6.07) is 17.6. The van der Waals surface area contributed by atoms with E-state index in [4.69, 9.17) is 16.6 Å². The number of halogens is 2. The molecular weight excluding hydrogens is 425 g/mol. The molecule has 6 heteroatoms. The molecule has 162 valence electrons. The van der Waals surface area contributed by atoms with E-state index in [2.05, 4.69) is 11.9 Å². The first-order valence-electron chi connectivity index (χ1n) is 10.7. The van der Waals surface area contributed by atoms with Crippen LogP contribution in [0.3, 0.4) is 0 Å². The molecular formula is C26H23ClFN3O. The summed E-state index contributed by atoms with van der Waals surface area (Å²) in [4.78, 5) is 23.8. The number of rotatable bonds is 3. The number of carbonyl (C=O) groups is 1. The van der Waals surface area contributed by atoms with Crippen LogP contribution in [0.25, 0.3) is 22.2 Å². The quantitative estimate of drug-likeness (QED) is 0.387. The molecule has 1 N–H and O–H groups in total. The Balaban J connectivity index is 1.57. The van der Waals surface area contributed by atoms with Gasteiger partial charge in [0.05, 0.1) is 22.6 Å². The maximum atomic E-state index is 14.2. The van der Waals surface area contributed by atoms with Gasteiger partial charge in [-0.3, -0.25) is 4.79 Å². The molecule has 2 heterocycles. The van der Waals surface area contributed by atoms with Gasteiger partial charge < -0.3 is 9.88 Å². The van der Waals surface area contributed by atoms with Gasteiger partial charge in [-0.25, -0.2) is 9.37 Å². The van der Waals surface area contributed by atoms with E-state index >= 15 is 0 Å². The first-order chi connectivity index (χ1) is 15.4. The minimum absolute atomic E-state index is 0.187. The summed E-state index contributed by atoms with van der Waals surface area (Å²) in [5, 5.41) is 0.662. The van der Waals surface area contributed by atoms with Crippen LogP contribution in [-0.4, -0.2) is 27.3 Å². The number of hydrogen-bond acceptors (Lipinski definition) is 2. The molecule has 5 rings (SSSR count). The monoisotopic (exact) mass is 447 g/mol. The summed E-state index contributed by atoms with van der Waals surface area (Å²) in [6.45, 7) is 4.65. The highest BCUT2D eigenvalue weighted by molar-refractivity contribution is 6.32. The molecule has 0 spiro atoms. The van der Waals surface area contributed by atoms with Crippen LogP contribution in [0.15, 0.2) is 60.7 Å². The molecule has 1 aliphatic rings. The van der Waals surface area contributed by atoms with Crippen LogP contribution in [0.4, 0.5) is 4.39 Å². The zero-order valence-electron chi connectivity index (χ0n) is 17.9. The van der Waals surface area contributed by atoms with Crippen LogP contribution >= 0.6 is 11.6 Å². The number of carbonyl (C=O) groups excluding carboxylic acids is 1. The molecule has 1 saturated heterocycles. The summed E-state index contributed by atoms with van der Waals surface area (Å²) < 4.78 is 14.2. The van der Waals surface area contributed by atoms with Crippen LogP contribution in [0.2, 0.25) is 5.02 Å². The lowest BCUT2D eigenvalue weighted by molar-refractivity contribution is 0.0714. The van der Waals surface area contributed by atoms with E-state index in [1.165, 1.54) is 12.1 Å². The van der Waals surface area contributed by atoms with Crippen molar-refractivity contribution in [2.45, 2.75) is 26.3 Å². The summed E-state index contributed by atoms with van der Waals surface area (Å²) in [5.41, 5.74) is 4.59. The van der Waals surface area contributed by atoms with Gasteiger partial charge in [-0.1, -0.05) is 54.9 Å². The predicted octanol–water partition coefficient (Wildman–Crippen LogP) is 6.55. The van der Waals surface area contributed by atoms with Crippen molar-refractivity contribution < 1.29 is 9.18 Å². The number of aromatic nitrogens is 2. The molecule has 2 atom stereocenters. The van der Waals surface area contributed by atoms with E-state index in [1.807, 2.05) is 54.3 Å². The number of nitrogens with zero attached hydrogens (tertiary/aromatic N) is 2. The van der Waals surface area contributed by atoms with Crippen molar-refractivity contribution in [3.63, 3.8) is 0 Å². The maximum Gasteiger partial charge on any atom is 0.255 e. The van der Waals surface area contributed by atoms with Crippen molar-refractivity contribution in [2.75, 3.05) is 6.54 Å². The number of H-pyrrole nitrogens is 1. The number of nitrogens with one attached hydrogen (secondary N) is 1. The van der Waals surface area contributed by atoms with E-state index in [0.29, 0.717) is 17.1 Å². The normalized spacial score (nSPS) is 18.4. The first kappa shape index (κ1) is 20.7. The van der Waals surface area contributed by atoms with Gasteiger partial charge >= 0.3 is 0 Å². The minimum Gasteiger partial charge on any atom is -0.340 e. The molecule has 0 unspecified atom stereocenters. The number of amides is 1. The van der Waals surface area contributed by atoms with Crippen LogP contribution in [0.1, 0.15) is 41.1 Å². The number of aromatic amines is 1. The molecule has 1 amide bonds. The van der Waals surface area contributed by atoms with E-state index in [0.717, 1.165) is 40.0 Å². The van der Waals surface area contributed by atoms with Gasteiger partial charge in [0.2, 0.25) is 0 Å². The van der Waals surface area contributed by atoms with Crippen molar-refractivity contribution in [3.05, 3.63) is 88.5 Å².